The number of halogens is 5. The number of benzene rings is 2. The third kappa shape index (κ3) is 10.4. The molecule has 0 radical (unpaired) electrons. The average Bonchev–Trinajstić information content (AvgIpc) is 4.07. The molecule has 8 rings (SSSR count). The summed E-state index contributed by atoms with van der Waals surface area (Å²) in [4.78, 5) is 25.4. The van der Waals surface area contributed by atoms with E-state index in [1.54, 1.807) is 16.2 Å². The summed E-state index contributed by atoms with van der Waals surface area (Å²) < 4.78 is 77.9. The van der Waals surface area contributed by atoms with Crippen LogP contribution in [0.4, 0.5) is 20.2 Å². The van der Waals surface area contributed by atoms with Gasteiger partial charge in [-0.1, -0.05) is 23.2 Å². The van der Waals surface area contributed by atoms with Crippen LogP contribution in [0.1, 0.15) is 107 Å². The number of sulfonamides is 1. The lowest BCUT2D eigenvalue weighted by atomic mass is 9.90. The first-order valence-electron chi connectivity index (χ1n) is 18.4. The zero-order valence-corrected chi connectivity index (χ0v) is 35.0. The van der Waals surface area contributed by atoms with Crippen molar-refractivity contribution in [3.05, 3.63) is 104 Å². The summed E-state index contributed by atoms with van der Waals surface area (Å²) >= 11 is 11.5. The summed E-state index contributed by atoms with van der Waals surface area (Å²) in [6.07, 6.45) is 11.6. The van der Waals surface area contributed by atoms with Gasteiger partial charge in [0.15, 0.2) is 0 Å². The van der Waals surface area contributed by atoms with Crippen LogP contribution in [0.2, 0.25) is 10.0 Å². The molecule has 0 spiro atoms. The molecule has 2 aromatic heterocycles. The minimum atomic E-state index is -3.32. The number of nitrogens with zero attached hydrogens (tertiary/aromatic N) is 2. The number of hydrogen-bond donors (Lipinski definition) is 4. The number of nitrogens with two attached hydrogens (primary N) is 1. The maximum Gasteiger partial charge on any atom is 0.272 e. The lowest BCUT2D eigenvalue weighted by Crippen LogP contribution is -2.33. The molecule has 4 aliphatic carbocycles. The largest absolute Gasteiger partial charge is 0.346 e. The third-order valence-corrected chi connectivity index (χ3v) is 14.8. The molecule has 2 atom stereocenters. The maximum atomic E-state index is 13.3. The fourth-order valence-electron chi connectivity index (χ4n) is 7.11. The molecule has 2 aromatic carbocycles. The Kier molecular flexibility index (Phi) is 13.1. The predicted molar refractivity (Wildman–Crippen MR) is 218 cm³/mol. The highest BCUT2D eigenvalue weighted by molar-refractivity contribution is 8.14. The van der Waals surface area contributed by atoms with E-state index in [4.69, 9.17) is 39.6 Å². The molecule has 19 heteroatoms. The molecule has 308 valence electrons. The number of carbonyl (C=O) groups excluding carboxylic acids is 2. The fraction of sp³-hybridized carbons (Fsp3) is 0.421. The molecule has 2 amide bonds. The topological polar surface area (TPSA) is 174 Å². The van der Waals surface area contributed by atoms with Crippen LogP contribution in [-0.4, -0.2) is 48.3 Å². The summed E-state index contributed by atoms with van der Waals surface area (Å²) in [6, 6.07) is 7.78. The molecular weight excluding hydrogens is 845 g/mol. The van der Waals surface area contributed by atoms with Gasteiger partial charge >= 0.3 is 0 Å². The Bertz CT molecular complexity index is 2420. The second-order valence-corrected chi connectivity index (χ2v) is 20.4. The van der Waals surface area contributed by atoms with E-state index >= 15 is 0 Å². The van der Waals surface area contributed by atoms with E-state index in [1.807, 2.05) is 19.4 Å². The zero-order valence-electron chi connectivity index (χ0n) is 31.1. The predicted octanol–water partition coefficient (Wildman–Crippen LogP) is 7.65. The third-order valence-electron chi connectivity index (χ3n) is 10.3. The SMILES string of the molecule is Cn1cc2c(c1C(=O)Nc1ccc(F)c(Cl)c1)CCCC2N.Cn1cc2c(c1C(=O)Nc1ccc(F)c(Cl)c1)CCCC2NS(=O)(=O)C1CC1.O=S(=O)(Cl)C1CC1. The van der Waals surface area contributed by atoms with Gasteiger partial charge in [-0.25, -0.2) is 30.3 Å². The fourth-order valence-corrected chi connectivity index (χ4v) is 10.3. The molecule has 2 heterocycles. The first-order valence-corrected chi connectivity index (χ1v) is 23.1. The Balaban J connectivity index is 0.000000168. The molecule has 0 saturated heterocycles. The van der Waals surface area contributed by atoms with Gasteiger partial charge in [0, 0.05) is 60.6 Å². The van der Waals surface area contributed by atoms with Gasteiger partial charge in [-0.05, 0) is 123 Å². The lowest BCUT2D eigenvalue weighted by Gasteiger charge is -2.24. The molecule has 2 fully saturated rings. The van der Waals surface area contributed by atoms with Crippen molar-refractivity contribution < 1.29 is 35.2 Å². The second-order valence-electron chi connectivity index (χ2n) is 14.7. The zero-order chi connectivity index (χ0) is 41.4. The summed E-state index contributed by atoms with van der Waals surface area (Å²) in [5.41, 5.74) is 11.8. The number of nitrogens with one attached hydrogen (secondary N) is 3. The quantitative estimate of drug-likeness (QED) is 0.132. The molecule has 4 aromatic rings. The van der Waals surface area contributed by atoms with Crippen LogP contribution in [-0.2, 0) is 46.0 Å². The molecule has 57 heavy (non-hydrogen) atoms. The first kappa shape index (κ1) is 43.1. The summed E-state index contributed by atoms with van der Waals surface area (Å²) in [5, 5.41) is 4.93. The standard InChI is InChI=1S/C19H21ClFN3O3S.C16H17ClFN3O.C3H5ClO2S/c1-24-10-14-13(3-2-4-17(14)23-28(26,27)12-6-7-12)18(24)19(25)22-11-5-8-16(21)15(20)9-11;1-21-8-11-10(3-2-4-14(11)19)15(21)16(22)20-9-5-6-13(18)12(17)7-9;4-7(5,6)3-1-2-3/h5,8-10,12,17,23H,2-4,6-7H2,1H3,(H,22,25);5-8,14H,2-4,19H2,1H3,(H,20,22);3H,1-2H2. The summed E-state index contributed by atoms with van der Waals surface area (Å²) in [6.45, 7) is 0. The smallest absolute Gasteiger partial charge is 0.272 e. The molecule has 2 unspecified atom stereocenters. The highest BCUT2D eigenvalue weighted by Gasteiger charge is 2.39. The number of aromatic nitrogens is 2. The van der Waals surface area contributed by atoms with Crippen molar-refractivity contribution in [2.24, 2.45) is 19.8 Å². The highest BCUT2D eigenvalue weighted by atomic mass is 35.7. The molecule has 5 N–H and O–H groups in total. The monoisotopic (exact) mass is 886 g/mol. The lowest BCUT2D eigenvalue weighted by molar-refractivity contribution is 0.101. The van der Waals surface area contributed by atoms with E-state index in [1.165, 1.54) is 36.4 Å². The van der Waals surface area contributed by atoms with Crippen molar-refractivity contribution in [2.45, 2.75) is 86.8 Å². The highest BCUT2D eigenvalue weighted by Crippen LogP contribution is 2.37. The van der Waals surface area contributed by atoms with Crippen LogP contribution in [0.5, 0.6) is 0 Å². The normalized spacial score (nSPS) is 18.9. The van der Waals surface area contributed by atoms with Crippen LogP contribution in [0.25, 0.3) is 0 Å². The second kappa shape index (κ2) is 17.4. The van der Waals surface area contributed by atoms with Crippen LogP contribution in [0.3, 0.4) is 0 Å². The van der Waals surface area contributed by atoms with Crippen molar-refractivity contribution in [1.29, 1.82) is 0 Å². The summed E-state index contributed by atoms with van der Waals surface area (Å²) in [7, 11) is 2.02. The Morgan fingerprint density at radius 3 is 1.61 bits per heavy atom. The van der Waals surface area contributed by atoms with Gasteiger partial charge in [0.1, 0.15) is 23.0 Å². The number of amides is 2. The Morgan fingerprint density at radius 1 is 0.719 bits per heavy atom. The van der Waals surface area contributed by atoms with E-state index in [-0.39, 0.29) is 44.4 Å². The maximum absolute atomic E-state index is 13.3. The number of aryl methyl sites for hydroxylation is 2. The molecule has 4 aliphatic rings. The van der Waals surface area contributed by atoms with Gasteiger partial charge in [0.05, 0.1) is 20.5 Å². The van der Waals surface area contributed by atoms with Crippen molar-refractivity contribution in [3.8, 4) is 0 Å². The van der Waals surface area contributed by atoms with E-state index in [0.29, 0.717) is 48.4 Å². The van der Waals surface area contributed by atoms with Gasteiger partial charge in [-0.3, -0.25) is 9.59 Å². The Labute approximate surface area is 344 Å². The van der Waals surface area contributed by atoms with Gasteiger partial charge in [-0.2, -0.15) is 0 Å². The van der Waals surface area contributed by atoms with Crippen molar-refractivity contribution in [3.63, 3.8) is 0 Å². The molecule has 2 saturated carbocycles. The molecule has 0 aliphatic heterocycles. The van der Waals surface area contributed by atoms with Gasteiger partial charge in [0.25, 0.3) is 11.8 Å². The number of anilines is 2. The van der Waals surface area contributed by atoms with Crippen molar-refractivity contribution in [2.75, 3.05) is 10.6 Å². The van der Waals surface area contributed by atoms with Crippen LogP contribution in [0, 0.1) is 11.6 Å². The number of hydrogen-bond acceptors (Lipinski definition) is 7. The van der Waals surface area contributed by atoms with E-state index in [0.717, 1.165) is 60.8 Å². The minimum Gasteiger partial charge on any atom is -0.346 e. The average molecular weight is 888 g/mol. The van der Waals surface area contributed by atoms with Crippen LogP contribution in [0.15, 0.2) is 48.8 Å². The van der Waals surface area contributed by atoms with Gasteiger partial charge in [-0.15, -0.1) is 0 Å². The van der Waals surface area contributed by atoms with Gasteiger partial charge < -0.3 is 25.5 Å². The van der Waals surface area contributed by atoms with E-state index < -0.39 is 30.7 Å². The van der Waals surface area contributed by atoms with Crippen molar-refractivity contribution in [1.82, 2.24) is 13.9 Å². The molecule has 12 nitrogen and oxygen atoms in total. The number of fused-ring (bicyclic) bond motifs is 2. The molecular formula is C38H43Cl3F2N6O6S2. The van der Waals surface area contributed by atoms with E-state index in [2.05, 4.69) is 15.4 Å². The van der Waals surface area contributed by atoms with Crippen molar-refractivity contribution >= 4 is 76.1 Å². The molecule has 0 bridgehead atoms. The Morgan fingerprint density at radius 2 is 1.18 bits per heavy atom. The minimum absolute atomic E-state index is 0.0169. The number of rotatable bonds is 8. The Hall–Kier alpha value is -3.51. The van der Waals surface area contributed by atoms with Crippen LogP contribution < -0.4 is 21.1 Å². The van der Waals surface area contributed by atoms with Gasteiger partial charge in [0.2, 0.25) is 19.1 Å². The van der Waals surface area contributed by atoms with E-state index in [9.17, 15) is 35.2 Å². The first-order chi connectivity index (χ1) is 26.8. The summed E-state index contributed by atoms with van der Waals surface area (Å²) in [5.74, 6) is -1.64. The number of carbonyl (C=O) groups is 2. The van der Waals surface area contributed by atoms with Crippen LogP contribution >= 0.6 is 33.9 Å².